The van der Waals surface area contributed by atoms with Crippen LogP contribution in [0.5, 0.6) is 0 Å². The number of hydrogen-bond donors (Lipinski definition) is 2. The Morgan fingerprint density at radius 2 is 2.11 bits per heavy atom. The van der Waals surface area contributed by atoms with Gasteiger partial charge in [0.15, 0.2) is 0 Å². The molecule has 0 bridgehead atoms. The standard InChI is InChI=1S/C13H15N3O2/c1-10-12(9-14-7-8-17)13(18)16(15-10)11-5-3-2-4-6-11/h2-6,9,15,17H,7-8H2,1H3. The van der Waals surface area contributed by atoms with E-state index in [1.165, 1.54) is 10.9 Å². The van der Waals surface area contributed by atoms with Crippen molar-refractivity contribution in [1.82, 2.24) is 9.78 Å². The van der Waals surface area contributed by atoms with Crippen LogP contribution < -0.4 is 5.56 Å². The number of nitrogens with one attached hydrogen (secondary N) is 1. The summed E-state index contributed by atoms with van der Waals surface area (Å²) < 4.78 is 1.48. The molecule has 1 heterocycles. The molecule has 2 N–H and O–H groups in total. The predicted octanol–water partition coefficient (Wildman–Crippen LogP) is 0.885. The summed E-state index contributed by atoms with van der Waals surface area (Å²) >= 11 is 0. The zero-order chi connectivity index (χ0) is 13.0. The van der Waals surface area contributed by atoms with Crippen molar-refractivity contribution in [3.05, 3.63) is 51.9 Å². The molecule has 0 aliphatic carbocycles. The van der Waals surface area contributed by atoms with Gasteiger partial charge in [-0.05, 0) is 19.1 Å². The summed E-state index contributed by atoms with van der Waals surface area (Å²) in [4.78, 5) is 16.1. The van der Waals surface area contributed by atoms with Gasteiger partial charge in [0.2, 0.25) is 0 Å². The highest BCUT2D eigenvalue weighted by molar-refractivity contribution is 5.80. The minimum absolute atomic E-state index is 0.0210. The Balaban J connectivity index is 2.42. The van der Waals surface area contributed by atoms with E-state index in [-0.39, 0.29) is 12.2 Å². The lowest BCUT2D eigenvalue weighted by atomic mass is 10.3. The number of aryl methyl sites for hydroxylation is 1. The first-order valence-corrected chi connectivity index (χ1v) is 5.71. The average molecular weight is 245 g/mol. The summed E-state index contributed by atoms with van der Waals surface area (Å²) in [5.41, 5.74) is 1.92. The summed E-state index contributed by atoms with van der Waals surface area (Å²) in [5, 5.41) is 11.7. The Kier molecular flexibility index (Phi) is 3.74. The van der Waals surface area contributed by atoms with Gasteiger partial charge in [-0.25, -0.2) is 4.68 Å². The van der Waals surface area contributed by atoms with Gasteiger partial charge in [-0.3, -0.25) is 14.9 Å². The molecule has 0 fully saturated rings. The van der Waals surface area contributed by atoms with E-state index in [4.69, 9.17) is 5.11 Å². The third-order valence-electron chi connectivity index (χ3n) is 2.58. The number of benzene rings is 1. The normalized spacial score (nSPS) is 11.2. The maximum Gasteiger partial charge on any atom is 0.280 e. The minimum atomic E-state index is -0.139. The van der Waals surface area contributed by atoms with Crippen molar-refractivity contribution < 1.29 is 5.11 Å². The Labute approximate surface area is 104 Å². The number of H-pyrrole nitrogens is 1. The van der Waals surface area contributed by atoms with Crippen molar-refractivity contribution in [3.63, 3.8) is 0 Å². The van der Waals surface area contributed by atoms with Gasteiger partial charge in [0, 0.05) is 11.9 Å². The molecular formula is C13H15N3O2. The number of aromatic amines is 1. The number of hydrogen-bond acceptors (Lipinski definition) is 3. The van der Waals surface area contributed by atoms with Crippen LogP contribution in [-0.2, 0) is 0 Å². The van der Waals surface area contributed by atoms with Gasteiger partial charge >= 0.3 is 0 Å². The van der Waals surface area contributed by atoms with Crippen molar-refractivity contribution in [1.29, 1.82) is 0 Å². The highest BCUT2D eigenvalue weighted by Crippen LogP contribution is 2.05. The highest BCUT2D eigenvalue weighted by atomic mass is 16.3. The number of para-hydroxylation sites is 1. The maximum atomic E-state index is 12.2. The zero-order valence-corrected chi connectivity index (χ0v) is 10.1. The second kappa shape index (κ2) is 5.46. The van der Waals surface area contributed by atoms with Crippen LogP contribution in [0.2, 0.25) is 0 Å². The minimum Gasteiger partial charge on any atom is -0.394 e. The number of aliphatic hydroxyl groups excluding tert-OH is 1. The van der Waals surface area contributed by atoms with Crippen LogP contribution in [0.3, 0.4) is 0 Å². The number of nitrogens with zero attached hydrogens (tertiary/aromatic N) is 2. The van der Waals surface area contributed by atoms with E-state index in [9.17, 15) is 4.79 Å². The van der Waals surface area contributed by atoms with Crippen LogP contribution >= 0.6 is 0 Å². The highest BCUT2D eigenvalue weighted by Gasteiger charge is 2.09. The fourth-order valence-electron chi connectivity index (χ4n) is 1.68. The molecular weight excluding hydrogens is 230 g/mol. The van der Waals surface area contributed by atoms with Crippen LogP contribution in [-0.4, -0.2) is 34.3 Å². The molecule has 5 heteroatoms. The largest absolute Gasteiger partial charge is 0.394 e. The van der Waals surface area contributed by atoms with Crippen molar-refractivity contribution in [2.75, 3.05) is 13.2 Å². The first kappa shape index (κ1) is 12.3. The molecule has 0 aliphatic rings. The van der Waals surface area contributed by atoms with E-state index < -0.39 is 0 Å². The quantitative estimate of drug-likeness (QED) is 0.785. The topological polar surface area (TPSA) is 70.4 Å². The van der Waals surface area contributed by atoms with Crippen LogP contribution in [0.4, 0.5) is 0 Å². The fourth-order valence-corrected chi connectivity index (χ4v) is 1.68. The van der Waals surface area contributed by atoms with E-state index >= 15 is 0 Å². The molecule has 1 aromatic carbocycles. The monoisotopic (exact) mass is 245 g/mol. The average Bonchev–Trinajstić information content (AvgIpc) is 2.68. The molecule has 5 nitrogen and oxygen atoms in total. The second-order valence-corrected chi connectivity index (χ2v) is 3.89. The van der Waals surface area contributed by atoms with Gasteiger partial charge in [0.25, 0.3) is 5.56 Å². The van der Waals surface area contributed by atoms with Crippen molar-refractivity contribution in [2.24, 2.45) is 4.99 Å². The number of aliphatic hydroxyl groups is 1. The molecule has 94 valence electrons. The fraction of sp³-hybridized carbons (Fsp3) is 0.231. The molecule has 0 saturated heterocycles. The Morgan fingerprint density at radius 1 is 1.39 bits per heavy atom. The molecule has 0 radical (unpaired) electrons. The zero-order valence-electron chi connectivity index (χ0n) is 10.1. The van der Waals surface area contributed by atoms with Gasteiger partial charge in [-0.1, -0.05) is 18.2 Å². The molecule has 0 unspecified atom stereocenters. The van der Waals surface area contributed by atoms with Crippen molar-refractivity contribution >= 4 is 6.21 Å². The van der Waals surface area contributed by atoms with E-state index in [1.807, 2.05) is 37.3 Å². The van der Waals surface area contributed by atoms with Crippen molar-refractivity contribution in [2.45, 2.75) is 6.92 Å². The number of aromatic nitrogens is 2. The van der Waals surface area contributed by atoms with E-state index in [2.05, 4.69) is 10.1 Å². The van der Waals surface area contributed by atoms with Gasteiger partial charge < -0.3 is 5.11 Å². The Morgan fingerprint density at radius 3 is 2.78 bits per heavy atom. The third kappa shape index (κ3) is 2.41. The lowest BCUT2D eigenvalue weighted by Crippen LogP contribution is -2.17. The first-order chi connectivity index (χ1) is 8.74. The van der Waals surface area contributed by atoms with Gasteiger partial charge in [0.1, 0.15) is 0 Å². The molecule has 0 saturated carbocycles. The number of aliphatic imine (C=N–C) groups is 1. The van der Waals surface area contributed by atoms with Crippen LogP contribution in [0.25, 0.3) is 5.69 Å². The smallest absolute Gasteiger partial charge is 0.280 e. The van der Waals surface area contributed by atoms with Crippen LogP contribution in [0.15, 0.2) is 40.1 Å². The number of rotatable bonds is 4. The molecule has 0 aliphatic heterocycles. The predicted molar refractivity (Wildman–Crippen MR) is 70.7 cm³/mol. The van der Waals surface area contributed by atoms with Gasteiger partial charge in [-0.2, -0.15) is 0 Å². The van der Waals surface area contributed by atoms with Gasteiger partial charge in [0.05, 0.1) is 24.4 Å². The molecule has 18 heavy (non-hydrogen) atoms. The molecule has 0 spiro atoms. The lowest BCUT2D eigenvalue weighted by Gasteiger charge is -1.99. The molecule has 0 atom stereocenters. The van der Waals surface area contributed by atoms with E-state index in [0.29, 0.717) is 12.1 Å². The van der Waals surface area contributed by atoms with Crippen LogP contribution in [0.1, 0.15) is 11.3 Å². The SMILES string of the molecule is Cc1[nH]n(-c2ccccc2)c(=O)c1C=NCCO. The molecule has 0 amide bonds. The molecule has 2 aromatic rings. The van der Waals surface area contributed by atoms with E-state index in [0.717, 1.165) is 11.4 Å². The maximum absolute atomic E-state index is 12.2. The summed E-state index contributed by atoms with van der Waals surface area (Å²) in [6.07, 6.45) is 1.50. The third-order valence-corrected chi connectivity index (χ3v) is 2.58. The summed E-state index contributed by atoms with van der Waals surface area (Å²) in [7, 11) is 0. The second-order valence-electron chi connectivity index (χ2n) is 3.89. The summed E-state index contributed by atoms with van der Waals surface area (Å²) in [6, 6.07) is 9.35. The lowest BCUT2D eigenvalue weighted by molar-refractivity contribution is 0.307. The van der Waals surface area contributed by atoms with Crippen molar-refractivity contribution in [3.8, 4) is 5.69 Å². The first-order valence-electron chi connectivity index (χ1n) is 5.71. The Bertz CT molecular complexity index is 596. The van der Waals surface area contributed by atoms with Gasteiger partial charge in [-0.15, -0.1) is 0 Å². The molecule has 2 rings (SSSR count). The Hall–Kier alpha value is -2.14. The summed E-state index contributed by atoms with van der Waals surface area (Å²) in [5.74, 6) is 0. The van der Waals surface area contributed by atoms with Crippen LogP contribution in [0, 0.1) is 6.92 Å². The summed E-state index contributed by atoms with van der Waals surface area (Å²) in [6.45, 7) is 2.10. The van der Waals surface area contributed by atoms with E-state index in [1.54, 1.807) is 0 Å². The molecule has 1 aromatic heterocycles.